The largest absolute Gasteiger partial charge is 0.797 e. The number of hydrogen-bond donors (Lipinski definition) is 0. The smallest absolute Gasteiger partial charge is 0.490 e. The second kappa shape index (κ2) is 6.34. The van der Waals surface area contributed by atoms with Gasteiger partial charge >= 0.3 is 7.47 Å². The summed E-state index contributed by atoms with van der Waals surface area (Å²) in [6.45, 7) is 0. The van der Waals surface area contributed by atoms with Gasteiger partial charge in [-0.25, -0.2) is 13.6 Å². The quantitative estimate of drug-likeness (QED) is 0.411. The Morgan fingerprint density at radius 2 is 1.64 bits per heavy atom. The first-order valence-electron chi connectivity index (χ1n) is 6.67. The van der Waals surface area contributed by atoms with Gasteiger partial charge in [-0.3, -0.25) is 0 Å². The van der Waals surface area contributed by atoms with Crippen LogP contribution in [0, 0.1) is 0 Å². The predicted octanol–water partition coefficient (Wildman–Crippen LogP) is 4.25. The lowest BCUT2D eigenvalue weighted by Crippen LogP contribution is -2.14. The van der Waals surface area contributed by atoms with Crippen LogP contribution in [0.4, 0.5) is 14.4 Å². The summed E-state index contributed by atoms with van der Waals surface area (Å²) >= 11 is 0. The maximum absolute atomic E-state index is 12.6. The fourth-order valence-corrected chi connectivity index (χ4v) is 2.05. The standard InChI is InChI=1S/C16H11BF2N2O/c18-17(19)22-16(13-7-2-1-3-8-13)21-15-11-10-12-6-4-5-9-14(12)20-15/h1-11H. The molecule has 6 heteroatoms. The average molecular weight is 296 g/mol. The minimum Gasteiger partial charge on any atom is -0.490 e. The number of nitrogens with zero attached hydrogens (tertiary/aromatic N) is 2. The highest BCUT2D eigenvalue weighted by Gasteiger charge is 2.21. The van der Waals surface area contributed by atoms with Crippen molar-refractivity contribution in [1.29, 1.82) is 0 Å². The van der Waals surface area contributed by atoms with Gasteiger partial charge in [0.1, 0.15) is 0 Å². The van der Waals surface area contributed by atoms with Gasteiger partial charge in [-0.15, -0.1) is 0 Å². The van der Waals surface area contributed by atoms with Gasteiger partial charge in [0, 0.05) is 10.9 Å². The highest BCUT2D eigenvalue weighted by atomic mass is 19.2. The number of aromatic nitrogens is 1. The second-order valence-corrected chi connectivity index (χ2v) is 4.52. The number of pyridine rings is 1. The summed E-state index contributed by atoms with van der Waals surface area (Å²) in [5, 5.41) is 0.956. The highest BCUT2D eigenvalue weighted by Crippen LogP contribution is 2.18. The minimum absolute atomic E-state index is 0.154. The molecule has 0 unspecified atom stereocenters. The topological polar surface area (TPSA) is 34.5 Å². The van der Waals surface area contributed by atoms with Crippen molar-refractivity contribution >= 4 is 30.1 Å². The number of aliphatic imine (C=N–C) groups is 1. The van der Waals surface area contributed by atoms with Crippen molar-refractivity contribution in [3.8, 4) is 0 Å². The van der Waals surface area contributed by atoms with Crippen LogP contribution in [0.5, 0.6) is 0 Å². The van der Waals surface area contributed by atoms with Gasteiger partial charge in [0.25, 0.3) is 0 Å². The Labute approximate surface area is 126 Å². The fraction of sp³-hybridized carbons (Fsp3) is 0. The summed E-state index contributed by atoms with van der Waals surface area (Å²) in [7, 11) is -2.94. The molecule has 0 aliphatic carbocycles. The van der Waals surface area contributed by atoms with Crippen LogP contribution in [0.2, 0.25) is 0 Å². The van der Waals surface area contributed by atoms with Gasteiger partial charge in [-0.1, -0.05) is 36.4 Å². The molecule has 0 radical (unpaired) electrons. The van der Waals surface area contributed by atoms with Crippen molar-refractivity contribution in [3.63, 3.8) is 0 Å². The first kappa shape index (κ1) is 14.2. The minimum atomic E-state index is -2.94. The van der Waals surface area contributed by atoms with Crippen molar-refractivity contribution in [2.75, 3.05) is 0 Å². The molecule has 1 aromatic heterocycles. The second-order valence-electron chi connectivity index (χ2n) is 4.52. The zero-order valence-electron chi connectivity index (χ0n) is 11.5. The molecule has 0 aliphatic heterocycles. The summed E-state index contributed by atoms with van der Waals surface area (Å²) in [4.78, 5) is 8.46. The Morgan fingerprint density at radius 1 is 0.909 bits per heavy atom. The van der Waals surface area contributed by atoms with Gasteiger partial charge in [0.2, 0.25) is 5.90 Å². The Hall–Kier alpha value is -2.76. The molecular formula is C16H11BF2N2O. The molecule has 0 atom stereocenters. The summed E-state index contributed by atoms with van der Waals surface area (Å²) in [5.41, 5.74) is 1.21. The first-order chi connectivity index (χ1) is 10.7. The van der Waals surface area contributed by atoms with Crippen molar-refractivity contribution in [2.45, 2.75) is 0 Å². The summed E-state index contributed by atoms with van der Waals surface area (Å²) in [5.74, 6) is 0.164. The van der Waals surface area contributed by atoms with Crippen LogP contribution in [0.3, 0.4) is 0 Å². The van der Waals surface area contributed by atoms with Crippen molar-refractivity contribution in [1.82, 2.24) is 4.98 Å². The van der Waals surface area contributed by atoms with Crippen molar-refractivity contribution < 1.29 is 13.3 Å². The van der Waals surface area contributed by atoms with E-state index < -0.39 is 7.47 Å². The molecule has 0 aliphatic rings. The predicted molar refractivity (Wildman–Crippen MR) is 83.4 cm³/mol. The molecule has 0 bridgehead atoms. The highest BCUT2D eigenvalue weighted by molar-refractivity contribution is 6.38. The summed E-state index contributed by atoms with van der Waals surface area (Å²) in [6.07, 6.45) is 0. The number of benzene rings is 2. The van der Waals surface area contributed by atoms with Crippen LogP contribution in [-0.4, -0.2) is 18.4 Å². The maximum Gasteiger partial charge on any atom is 0.797 e. The number of para-hydroxylation sites is 1. The third-order valence-electron chi connectivity index (χ3n) is 3.02. The van der Waals surface area contributed by atoms with Gasteiger partial charge in [-0.05, 0) is 30.3 Å². The Morgan fingerprint density at radius 3 is 2.41 bits per heavy atom. The van der Waals surface area contributed by atoms with E-state index in [1.165, 1.54) is 0 Å². The van der Waals surface area contributed by atoms with Gasteiger partial charge in [0.15, 0.2) is 5.82 Å². The average Bonchev–Trinajstić information content (AvgIpc) is 2.54. The van der Waals surface area contributed by atoms with Crippen LogP contribution in [0.25, 0.3) is 10.9 Å². The number of rotatable bonds is 3. The number of hydrogen-bond acceptors (Lipinski definition) is 3. The maximum atomic E-state index is 12.6. The van der Waals surface area contributed by atoms with Gasteiger partial charge in [0.05, 0.1) is 5.52 Å². The molecule has 2 aromatic carbocycles. The Kier molecular flexibility index (Phi) is 4.09. The fourth-order valence-electron chi connectivity index (χ4n) is 2.05. The van der Waals surface area contributed by atoms with E-state index in [1.54, 1.807) is 36.4 Å². The normalized spacial score (nSPS) is 11.5. The molecule has 108 valence electrons. The van der Waals surface area contributed by atoms with E-state index in [4.69, 9.17) is 0 Å². The van der Waals surface area contributed by atoms with E-state index >= 15 is 0 Å². The molecule has 0 saturated carbocycles. The lowest BCUT2D eigenvalue weighted by Gasteiger charge is -2.07. The molecule has 3 rings (SSSR count). The van der Waals surface area contributed by atoms with Crippen LogP contribution in [-0.2, 0) is 4.65 Å². The molecule has 1 heterocycles. The molecule has 3 nitrogen and oxygen atoms in total. The molecule has 0 N–H and O–H groups in total. The van der Waals surface area contributed by atoms with E-state index in [-0.39, 0.29) is 5.90 Å². The summed E-state index contributed by atoms with van der Waals surface area (Å²) < 4.78 is 29.7. The SMILES string of the molecule is FB(F)OC(=Nc1ccc2ccccc2n1)c1ccccc1. The molecule has 0 spiro atoms. The van der Waals surface area contributed by atoms with E-state index in [0.29, 0.717) is 11.4 Å². The first-order valence-corrected chi connectivity index (χ1v) is 6.67. The summed E-state index contributed by atoms with van der Waals surface area (Å²) in [6, 6.07) is 19.6. The van der Waals surface area contributed by atoms with Gasteiger partial charge in [-0.2, -0.15) is 4.99 Å². The van der Waals surface area contributed by atoms with E-state index in [9.17, 15) is 8.63 Å². The third kappa shape index (κ3) is 3.28. The van der Waals surface area contributed by atoms with Crippen LogP contribution >= 0.6 is 0 Å². The number of halogens is 2. The molecule has 3 aromatic rings. The van der Waals surface area contributed by atoms with Crippen LogP contribution in [0.1, 0.15) is 5.56 Å². The third-order valence-corrected chi connectivity index (χ3v) is 3.02. The molecule has 0 amide bonds. The van der Waals surface area contributed by atoms with Gasteiger partial charge < -0.3 is 4.65 Å². The molecule has 0 saturated heterocycles. The van der Waals surface area contributed by atoms with Crippen LogP contribution < -0.4 is 0 Å². The zero-order chi connectivity index (χ0) is 15.4. The Bertz CT molecular complexity index is 809. The number of fused-ring (bicyclic) bond motifs is 1. The zero-order valence-corrected chi connectivity index (χ0v) is 11.5. The molecular weight excluding hydrogens is 285 g/mol. The Balaban J connectivity index is 2.03. The van der Waals surface area contributed by atoms with E-state index in [0.717, 1.165) is 10.9 Å². The lowest BCUT2D eigenvalue weighted by molar-refractivity contribution is 0.420. The molecule has 0 fully saturated rings. The van der Waals surface area contributed by atoms with E-state index in [2.05, 4.69) is 14.6 Å². The van der Waals surface area contributed by atoms with Crippen LogP contribution in [0.15, 0.2) is 71.7 Å². The lowest BCUT2D eigenvalue weighted by atomic mass is 10.2. The van der Waals surface area contributed by atoms with Crippen molar-refractivity contribution in [2.24, 2.45) is 4.99 Å². The monoisotopic (exact) mass is 296 g/mol. The molecule has 22 heavy (non-hydrogen) atoms. The van der Waals surface area contributed by atoms with Crippen molar-refractivity contribution in [3.05, 3.63) is 72.3 Å². The van der Waals surface area contributed by atoms with E-state index in [1.807, 2.05) is 30.3 Å².